The zero-order valence-electron chi connectivity index (χ0n) is 9.29. The second-order valence-corrected chi connectivity index (χ2v) is 5.70. The molecular formula is C12H17ClN2S. The highest BCUT2D eigenvalue weighted by molar-refractivity contribution is 7.16. The molecule has 88 valence electrons. The number of hydrogen-bond donors (Lipinski definition) is 1. The summed E-state index contributed by atoms with van der Waals surface area (Å²) in [4.78, 5) is 3.71. The van der Waals surface area contributed by atoms with Crippen LogP contribution in [-0.4, -0.2) is 37.6 Å². The Labute approximate surface area is 106 Å². The molecule has 1 aliphatic rings. The van der Waals surface area contributed by atoms with Crippen LogP contribution in [0.3, 0.4) is 0 Å². The van der Waals surface area contributed by atoms with Crippen molar-refractivity contribution in [2.75, 3.05) is 32.7 Å². The topological polar surface area (TPSA) is 15.3 Å². The van der Waals surface area contributed by atoms with E-state index in [1.165, 1.54) is 17.8 Å². The third kappa shape index (κ3) is 3.91. The average molecular weight is 257 g/mol. The molecule has 1 N–H and O–H groups in total. The highest BCUT2D eigenvalue weighted by Gasteiger charge is 2.05. The zero-order chi connectivity index (χ0) is 11.2. The molecule has 0 amide bonds. The lowest BCUT2D eigenvalue weighted by Crippen LogP contribution is -2.28. The van der Waals surface area contributed by atoms with Gasteiger partial charge in [-0.15, -0.1) is 11.3 Å². The number of rotatable bonds is 3. The smallest absolute Gasteiger partial charge is 0.0934 e. The molecule has 0 bridgehead atoms. The molecule has 16 heavy (non-hydrogen) atoms. The minimum absolute atomic E-state index is 0.860. The Balaban J connectivity index is 1.79. The molecule has 0 aliphatic carbocycles. The predicted molar refractivity (Wildman–Crippen MR) is 72.3 cm³/mol. The summed E-state index contributed by atoms with van der Waals surface area (Å²) in [5, 5.41) is 3.41. The molecule has 0 unspecified atom stereocenters. The first-order chi connectivity index (χ1) is 7.84. The largest absolute Gasteiger partial charge is 0.315 e. The van der Waals surface area contributed by atoms with Crippen LogP contribution in [0.1, 0.15) is 11.3 Å². The summed E-state index contributed by atoms with van der Waals surface area (Å²) in [6, 6.07) is 4.01. The van der Waals surface area contributed by atoms with Gasteiger partial charge in [-0.05, 0) is 37.7 Å². The van der Waals surface area contributed by atoms with E-state index in [1.54, 1.807) is 11.3 Å². The fraction of sp³-hybridized carbons (Fsp3) is 0.500. The van der Waals surface area contributed by atoms with E-state index >= 15 is 0 Å². The lowest BCUT2D eigenvalue weighted by atomic mass is 10.3. The van der Waals surface area contributed by atoms with Crippen molar-refractivity contribution < 1.29 is 0 Å². The molecule has 4 heteroatoms. The number of nitrogens with one attached hydrogen (secondary N) is 1. The Bertz CT molecular complexity index is 341. The van der Waals surface area contributed by atoms with Gasteiger partial charge >= 0.3 is 0 Å². The van der Waals surface area contributed by atoms with Crippen LogP contribution in [0.15, 0.2) is 18.2 Å². The Morgan fingerprint density at radius 2 is 2.31 bits per heavy atom. The van der Waals surface area contributed by atoms with Crippen LogP contribution >= 0.6 is 22.9 Å². The van der Waals surface area contributed by atoms with E-state index in [1.807, 2.05) is 6.07 Å². The van der Waals surface area contributed by atoms with Crippen LogP contribution in [0, 0.1) is 0 Å². The second-order valence-electron chi connectivity index (χ2n) is 3.95. The fourth-order valence-corrected chi connectivity index (χ4v) is 2.81. The second kappa shape index (κ2) is 6.40. The molecule has 0 radical (unpaired) electrons. The molecule has 1 fully saturated rings. The Kier molecular flexibility index (Phi) is 4.85. The van der Waals surface area contributed by atoms with Crippen molar-refractivity contribution in [2.24, 2.45) is 0 Å². The summed E-state index contributed by atoms with van der Waals surface area (Å²) in [5.41, 5.74) is 0. The zero-order valence-corrected chi connectivity index (χ0v) is 10.9. The van der Waals surface area contributed by atoms with Crippen molar-refractivity contribution >= 4 is 29.0 Å². The highest BCUT2D eigenvalue weighted by atomic mass is 35.5. The van der Waals surface area contributed by atoms with Gasteiger partial charge in [-0.25, -0.2) is 0 Å². The van der Waals surface area contributed by atoms with E-state index in [4.69, 9.17) is 11.6 Å². The minimum atomic E-state index is 0.860. The van der Waals surface area contributed by atoms with Gasteiger partial charge in [-0.3, -0.25) is 4.90 Å². The summed E-state index contributed by atoms with van der Waals surface area (Å²) in [7, 11) is 0. The SMILES string of the molecule is Clc1ccc(/C=C/CN2CCCNCC2)s1. The van der Waals surface area contributed by atoms with Gasteiger partial charge in [0.2, 0.25) is 0 Å². The van der Waals surface area contributed by atoms with Gasteiger partial charge in [0.15, 0.2) is 0 Å². The summed E-state index contributed by atoms with van der Waals surface area (Å²) in [6.45, 7) is 5.65. The van der Waals surface area contributed by atoms with Gasteiger partial charge in [0, 0.05) is 24.5 Å². The van der Waals surface area contributed by atoms with Crippen molar-refractivity contribution in [1.82, 2.24) is 10.2 Å². The van der Waals surface area contributed by atoms with Crippen molar-refractivity contribution in [3.8, 4) is 0 Å². The van der Waals surface area contributed by atoms with Crippen LogP contribution in [0.5, 0.6) is 0 Å². The molecule has 1 saturated heterocycles. The molecule has 1 aromatic rings. The molecule has 0 spiro atoms. The van der Waals surface area contributed by atoms with Crippen molar-refractivity contribution in [3.05, 3.63) is 27.4 Å². The first-order valence-electron chi connectivity index (χ1n) is 5.69. The van der Waals surface area contributed by atoms with Gasteiger partial charge < -0.3 is 5.32 Å². The van der Waals surface area contributed by atoms with Crippen LogP contribution in [0.4, 0.5) is 0 Å². The standard InChI is InChI=1S/C12H17ClN2S/c13-12-5-4-11(16-12)3-1-8-15-9-2-6-14-7-10-15/h1,3-5,14H,2,6-10H2/b3-1+. The molecule has 2 heterocycles. The third-order valence-electron chi connectivity index (χ3n) is 2.67. The lowest BCUT2D eigenvalue weighted by molar-refractivity contribution is 0.324. The first kappa shape index (κ1) is 12.1. The summed E-state index contributed by atoms with van der Waals surface area (Å²) in [5.74, 6) is 0. The van der Waals surface area contributed by atoms with E-state index < -0.39 is 0 Å². The highest BCUT2D eigenvalue weighted by Crippen LogP contribution is 2.22. The van der Waals surface area contributed by atoms with Crippen LogP contribution in [-0.2, 0) is 0 Å². The van der Waals surface area contributed by atoms with E-state index in [-0.39, 0.29) is 0 Å². The maximum absolute atomic E-state index is 5.88. The van der Waals surface area contributed by atoms with Gasteiger partial charge in [-0.2, -0.15) is 0 Å². The Hall–Kier alpha value is -0.350. The Morgan fingerprint density at radius 1 is 1.38 bits per heavy atom. The van der Waals surface area contributed by atoms with Gasteiger partial charge in [-0.1, -0.05) is 17.7 Å². The van der Waals surface area contributed by atoms with Crippen LogP contribution < -0.4 is 5.32 Å². The van der Waals surface area contributed by atoms with Gasteiger partial charge in [0.05, 0.1) is 4.34 Å². The molecule has 0 saturated carbocycles. The number of nitrogens with zero attached hydrogens (tertiary/aromatic N) is 1. The van der Waals surface area contributed by atoms with E-state index in [9.17, 15) is 0 Å². The van der Waals surface area contributed by atoms with E-state index in [2.05, 4.69) is 28.4 Å². The summed E-state index contributed by atoms with van der Waals surface area (Å²) in [6.07, 6.45) is 5.64. The van der Waals surface area contributed by atoms with Gasteiger partial charge in [0.25, 0.3) is 0 Å². The summed E-state index contributed by atoms with van der Waals surface area (Å²) >= 11 is 7.50. The van der Waals surface area contributed by atoms with Crippen LogP contribution in [0.2, 0.25) is 4.34 Å². The lowest BCUT2D eigenvalue weighted by Gasteiger charge is -2.16. The number of thiophene rings is 1. The quantitative estimate of drug-likeness (QED) is 0.895. The molecule has 2 rings (SSSR count). The normalized spacial score (nSPS) is 19.1. The average Bonchev–Trinajstić information content (AvgIpc) is 2.54. The summed E-state index contributed by atoms with van der Waals surface area (Å²) < 4.78 is 0.860. The van der Waals surface area contributed by atoms with Crippen molar-refractivity contribution in [2.45, 2.75) is 6.42 Å². The minimum Gasteiger partial charge on any atom is -0.315 e. The molecular weight excluding hydrogens is 240 g/mol. The maximum atomic E-state index is 5.88. The molecule has 1 aliphatic heterocycles. The number of halogens is 1. The van der Waals surface area contributed by atoms with Crippen LogP contribution in [0.25, 0.3) is 6.08 Å². The molecule has 1 aromatic heterocycles. The predicted octanol–water partition coefficient (Wildman–Crippen LogP) is 2.71. The van der Waals surface area contributed by atoms with Crippen molar-refractivity contribution in [1.29, 1.82) is 0 Å². The van der Waals surface area contributed by atoms with Gasteiger partial charge in [0.1, 0.15) is 0 Å². The maximum Gasteiger partial charge on any atom is 0.0934 e. The number of hydrogen-bond acceptors (Lipinski definition) is 3. The van der Waals surface area contributed by atoms with E-state index in [0.717, 1.165) is 30.5 Å². The Morgan fingerprint density at radius 3 is 3.12 bits per heavy atom. The van der Waals surface area contributed by atoms with E-state index in [0.29, 0.717) is 0 Å². The van der Waals surface area contributed by atoms with Crippen molar-refractivity contribution in [3.63, 3.8) is 0 Å². The molecule has 2 nitrogen and oxygen atoms in total. The molecule has 0 aromatic carbocycles. The fourth-order valence-electron chi connectivity index (χ4n) is 1.82. The third-order valence-corrected chi connectivity index (χ3v) is 3.87. The molecule has 0 atom stereocenters. The monoisotopic (exact) mass is 256 g/mol. The first-order valence-corrected chi connectivity index (χ1v) is 6.89.